The molecule has 1 aromatic heterocycles. The predicted molar refractivity (Wildman–Crippen MR) is 84.7 cm³/mol. The number of hydrogen-bond donors (Lipinski definition) is 1. The van der Waals surface area contributed by atoms with Crippen molar-refractivity contribution in [3.63, 3.8) is 0 Å². The molecule has 1 heterocycles. The van der Waals surface area contributed by atoms with Crippen LogP contribution >= 0.6 is 0 Å². The number of nitrogens with two attached hydrogens (primary N) is 1. The molecule has 5 heteroatoms. The maximum Gasteiger partial charge on any atom is 0.249 e. The summed E-state index contributed by atoms with van der Waals surface area (Å²) in [6.07, 6.45) is 1.51. The van der Waals surface area contributed by atoms with E-state index in [1.165, 1.54) is 24.4 Å². The third-order valence-corrected chi connectivity index (χ3v) is 3.24. The van der Waals surface area contributed by atoms with Crippen molar-refractivity contribution < 1.29 is 13.9 Å². The average Bonchev–Trinajstić information content (AvgIpc) is 2.56. The lowest BCUT2D eigenvalue weighted by molar-refractivity contribution is 0.100. The molecule has 3 aromatic rings. The first-order valence-corrected chi connectivity index (χ1v) is 6.92. The van der Waals surface area contributed by atoms with Crippen molar-refractivity contribution in [2.24, 2.45) is 5.73 Å². The summed E-state index contributed by atoms with van der Waals surface area (Å²) in [5.74, 6) is 0.130. The number of ether oxygens (including phenoxy) is 1. The lowest BCUT2D eigenvalue weighted by Gasteiger charge is -2.08. The second-order valence-corrected chi connectivity index (χ2v) is 4.85. The van der Waals surface area contributed by atoms with Crippen molar-refractivity contribution in [3.8, 4) is 22.8 Å². The average molecular weight is 308 g/mol. The molecular formula is C18H13FN2O2. The third kappa shape index (κ3) is 3.35. The number of primary amides is 1. The minimum Gasteiger partial charge on any atom is -0.456 e. The molecule has 0 aliphatic rings. The van der Waals surface area contributed by atoms with Gasteiger partial charge < -0.3 is 10.5 Å². The SMILES string of the molecule is NC(=O)c1ccc(F)cc1-c1ccc(Oc2ccccc2)cn1. The molecule has 0 atom stereocenters. The number of halogens is 1. The van der Waals surface area contributed by atoms with Crippen molar-refractivity contribution in [2.75, 3.05) is 0 Å². The summed E-state index contributed by atoms with van der Waals surface area (Å²) >= 11 is 0. The molecule has 1 amide bonds. The summed E-state index contributed by atoms with van der Waals surface area (Å²) < 4.78 is 19.1. The zero-order valence-corrected chi connectivity index (χ0v) is 12.1. The molecule has 0 saturated carbocycles. The Bertz CT molecular complexity index is 833. The molecule has 0 radical (unpaired) electrons. The van der Waals surface area contributed by atoms with Crippen molar-refractivity contribution >= 4 is 5.91 Å². The minimum atomic E-state index is -0.633. The highest BCUT2D eigenvalue weighted by Gasteiger charge is 2.12. The van der Waals surface area contributed by atoms with Gasteiger partial charge in [-0.05, 0) is 42.5 Å². The second-order valence-electron chi connectivity index (χ2n) is 4.85. The molecule has 2 aromatic carbocycles. The summed E-state index contributed by atoms with van der Waals surface area (Å²) in [6, 6.07) is 16.4. The molecule has 0 spiro atoms. The Morgan fingerprint density at radius 2 is 1.78 bits per heavy atom. The molecule has 0 unspecified atom stereocenters. The Kier molecular flexibility index (Phi) is 4.01. The summed E-state index contributed by atoms with van der Waals surface area (Å²) in [4.78, 5) is 15.7. The number of para-hydroxylation sites is 1. The lowest BCUT2D eigenvalue weighted by atomic mass is 10.0. The van der Waals surface area contributed by atoms with Crippen LogP contribution in [0, 0.1) is 5.82 Å². The quantitative estimate of drug-likeness (QED) is 0.797. The van der Waals surface area contributed by atoms with Gasteiger partial charge in [0.2, 0.25) is 5.91 Å². The van der Waals surface area contributed by atoms with E-state index in [2.05, 4.69) is 4.98 Å². The molecule has 4 nitrogen and oxygen atoms in total. The smallest absolute Gasteiger partial charge is 0.249 e. The first-order valence-electron chi connectivity index (χ1n) is 6.92. The number of amides is 1. The predicted octanol–water partition coefficient (Wildman–Crippen LogP) is 3.78. The summed E-state index contributed by atoms with van der Waals surface area (Å²) in [5.41, 5.74) is 6.33. The third-order valence-electron chi connectivity index (χ3n) is 3.24. The Morgan fingerprint density at radius 1 is 1.00 bits per heavy atom. The van der Waals surface area contributed by atoms with Gasteiger partial charge in [0.05, 0.1) is 11.9 Å². The van der Waals surface area contributed by atoms with E-state index in [-0.39, 0.29) is 5.56 Å². The molecule has 114 valence electrons. The molecule has 0 aliphatic heterocycles. The van der Waals surface area contributed by atoms with Gasteiger partial charge in [0.15, 0.2) is 0 Å². The van der Waals surface area contributed by atoms with Gasteiger partial charge in [-0.25, -0.2) is 4.39 Å². The standard InChI is InChI=1S/C18H13FN2O2/c19-12-6-8-15(18(20)22)16(10-12)17-9-7-14(11-21-17)23-13-4-2-1-3-5-13/h1-11H,(H2,20,22). The van der Waals surface area contributed by atoms with Crippen LogP contribution in [0.2, 0.25) is 0 Å². The molecule has 23 heavy (non-hydrogen) atoms. The highest BCUT2D eigenvalue weighted by Crippen LogP contribution is 2.26. The topological polar surface area (TPSA) is 65.2 Å². The van der Waals surface area contributed by atoms with Crippen LogP contribution in [0.1, 0.15) is 10.4 Å². The van der Waals surface area contributed by atoms with Gasteiger partial charge in [0.25, 0.3) is 0 Å². The lowest BCUT2D eigenvalue weighted by Crippen LogP contribution is -2.12. The number of aromatic nitrogens is 1. The number of rotatable bonds is 4. The normalized spacial score (nSPS) is 10.3. The zero-order valence-electron chi connectivity index (χ0n) is 12.1. The van der Waals surface area contributed by atoms with Gasteiger partial charge in [-0.3, -0.25) is 9.78 Å². The molecule has 0 fully saturated rings. The van der Waals surface area contributed by atoms with Crippen molar-refractivity contribution in [2.45, 2.75) is 0 Å². The fourth-order valence-corrected chi connectivity index (χ4v) is 2.17. The number of carbonyl (C=O) groups is 1. The Balaban J connectivity index is 1.91. The molecule has 0 saturated heterocycles. The fourth-order valence-electron chi connectivity index (χ4n) is 2.17. The molecular weight excluding hydrogens is 295 g/mol. The van der Waals surface area contributed by atoms with Crippen LogP contribution in [-0.4, -0.2) is 10.9 Å². The van der Waals surface area contributed by atoms with Crippen molar-refractivity contribution in [3.05, 3.63) is 78.2 Å². The summed E-state index contributed by atoms with van der Waals surface area (Å²) in [6.45, 7) is 0. The fraction of sp³-hybridized carbons (Fsp3) is 0. The van der Waals surface area contributed by atoms with E-state index >= 15 is 0 Å². The van der Waals surface area contributed by atoms with E-state index in [9.17, 15) is 9.18 Å². The highest BCUT2D eigenvalue weighted by molar-refractivity contribution is 5.99. The Hall–Kier alpha value is -3.21. The van der Waals surface area contributed by atoms with Gasteiger partial charge in [0.1, 0.15) is 17.3 Å². The minimum absolute atomic E-state index is 0.218. The highest BCUT2D eigenvalue weighted by atomic mass is 19.1. The first-order chi connectivity index (χ1) is 11.1. The van der Waals surface area contributed by atoms with Gasteiger partial charge in [-0.15, -0.1) is 0 Å². The van der Waals surface area contributed by atoms with E-state index in [0.29, 0.717) is 22.8 Å². The first kappa shape index (κ1) is 14.7. The summed E-state index contributed by atoms with van der Waals surface area (Å²) in [7, 11) is 0. The number of benzene rings is 2. The number of nitrogens with zero attached hydrogens (tertiary/aromatic N) is 1. The van der Waals surface area contributed by atoms with E-state index in [1.807, 2.05) is 30.3 Å². The molecule has 0 bridgehead atoms. The zero-order chi connectivity index (χ0) is 16.2. The van der Waals surface area contributed by atoms with Crippen LogP contribution in [0.15, 0.2) is 66.9 Å². The van der Waals surface area contributed by atoms with Gasteiger partial charge >= 0.3 is 0 Å². The van der Waals surface area contributed by atoms with Crippen molar-refractivity contribution in [1.29, 1.82) is 0 Å². The summed E-state index contributed by atoms with van der Waals surface area (Å²) in [5, 5.41) is 0. The largest absolute Gasteiger partial charge is 0.456 e. The number of carbonyl (C=O) groups excluding carboxylic acids is 1. The van der Waals surface area contributed by atoms with E-state index in [4.69, 9.17) is 10.5 Å². The Labute approximate surface area is 132 Å². The van der Waals surface area contributed by atoms with Crippen molar-refractivity contribution in [1.82, 2.24) is 4.98 Å². The Morgan fingerprint density at radius 3 is 2.43 bits per heavy atom. The van der Waals surface area contributed by atoms with Crippen LogP contribution in [-0.2, 0) is 0 Å². The number of hydrogen-bond acceptors (Lipinski definition) is 3. The van der Waals surface area contributed by atoms with Crippen LogP contribution in [0.4, 0.5) is 4.39 Å². The van der Waals surface area contributed by atoms with Gasteiger partial charge in [-0.2, -0.15) is 0 Å². The van der Waals surface area contributed by atoms with Crippen LogP contribution < -0.4 is 10.5 Å². The van der Waals surface area contributed by atoms with E-state index in [0.717, 1.165) is 0 Å². The number of pyridine rings is 1. The van der Waals surface area contributed by atoms with Gasteiger partial charge in [-0.1, -0.05) is 18.2 Å². The second kappa shape index (κ2) is 6.27. The van der Waals surface area contributed by atoms with Crippen LogP contribution in [0.5, 0.6) is 11.5 Å². The maximum atomic E-state index is 13.5. The molecule has 2 N–H and O–H groups in total. The maximum absolute atomic E-state index is 13.5. The van der Waals surface area contributed by atoms with Gasteiger partial charge in [0, 0.05) is 11.1 Å². The van der Waals surface area contributed by atoms with Crippen LogP contribution in [0.3, 0.4) is 0 Å². The monoisotopic (exact) mass is 308 g/mol. The molecule has 3 rings (SSSR count). The molecule has 0 aliphatic carbocycles. The van der Waals surface area contributed by atoms with E-state index < -0.39 is 11.7 Å². The van der Waals surface area contributed by atoms with E-state index in [1.54, 1.807) is 12.1 Å². The van der Waals surface area contributed by atoms with Crippen LogP contribution in [0.25, 0.3) is 11.3 Å².